The lowest BCUT2D eigenvalue weighted by Gasteiger charge is -2.28. The number of carbonyl (C=O) groups is 6. The number of hydrogen-bond acceptors (Lipinski definition) is 8. The third kappa shape index (κ3) is 4.79. The number of urea groups is 2. The van der Waals surface area contributed by atoms with E-state index in [4.69, 9.17) is 0 Å². The van der Waals surface area contributed by atoms with Crippen molar-refractivity contribution in [1.82, 2.24) is 29.6 Å². The summed E-state index contributed by atoms with van der Waals surface area (Å²) in [6.07, 6.45) is 2.90. The monoisotopic (exact) mass is 628 g/mol. The molecule has 0 unspecified atom stereocenters. The fraction of sp³-hybridized carbons (Fsp3) is 0.133. The van der Waals surface area contributed by atoms with E-state index in [0.29, 0.717) is 11.4 Å². The highest BCUT2D eigenvalue weighted by Crippen LogP contribution is 2.40. The van der Waals surface area contributed by atoms with E-state index in [1.807, 2.05) is 36.4 Å². The van der Waals surface area contributed by atoms with Crippen molar-refractivity contribution in [1.29, 1.82) is 0 Å². The Morgan fingerprint density at radius 2 is 0.795 bits per heavy atom. The van der Waals surface area contributed by atoms with E-state index in [2.05, 4.69) is 9.97 Å². The molecule has 0 saturated carbocycles. The molecule has 0 spiro atoms. The molecule has 0 radical (unpaired) electrons. The molecule has 12 nitrogen and oxygen atoms in total. The van der Waals surface area contributed by atoms with Gasteiger partial charge in [-0.2, -0.15) is 0 Å². The average molecular weight is 629 g/mol. The molecule has 2 aliphatic rings. The predicted octanol–water partition coefficient (Wildman–Crippen LogP) is 4.33. The van der Waals surface area contributed by atoms with E-state index in [1.54, 1.807) is 34.8 Å². The molecule has 2 aliphatic heterocycles. The smallest absolute Gasteiger partial charge is 0.333 e. The van der Waals surface area contributed by atoms with Crippen LogP contribution in [0.1, 0.15) is 11.4 Å². The molecule has 0 atom stereocenters. The van der Waals surface area contributed by atoms with Crippen molar-refractivity contribution in [2.75, 3.05) is 28.2 Å². The normalized spacial score (nSPS) is 16.2. The van der Waals surface area contributed by atoms with Gasteiger partial charge in [0.1, 0.15) is 11.1 Å². The molecule has 2 N–H and O–H groups in total. The average Bonchev–Trinajstić information content (AvgIpc) is 3.83. The van der Waals surface area contributed by atoms with E-state index in [-0.39, 0.29) is 11.1 Å². The van der Waals surface area contributed by atoms with Gasteiger partial charge >= 0.3 is 12.1 Å². The van der Waals surface area contributed by atoms with Gasteiger partial charge in [-0.3, -0.25) is 38.8 Å². The van der Waals surface area contributed by atoms with Crippen molar-refractivity contribution < 1.29 is 28.8 Å². The van der Waals surface area contributed by atoms with Crippen molar-refractivity contribution >= 4 is 70.5 Å². The highest BCUT2D eigenvalue weighted by molar-refractivity contribution is 7.25. The first-order valence-electron chi connectivity index (χ1n) is 13.2. The molecular formula is C30H24N6O6S2. The Balaban J connectivity index is 1.19. The van der Waals surface area contributed by atoms with Gasteiger partial charge in [-0.1, -0.05) is 0 Å². The molecule has 8 amide bonds. The SMILES string of the molecule is CN1C(=O)C(=Cc2ccc(-c3ccc(-c4ccc(-c5ccc(C=C6C(=O)N(C)C(=O)N(C)C6=O)[nH]5)s4)s3)[nH]2)C(=O)N(C)C1=O. The van der Waals surface area contributed by atoms with Crippen LogP contribution in [0.2, 0.25) is 0 Å². The first-order valence-corrected chi connectivity index (χ1v) is 14.8. The molecule has 2 saturated heterocycles. The summed E-state index contributed by atoms with van der Waals surface area (Å²) >= 11 is 3.14. The van der Waals surface area contributed by atoms with Crippen LogP contribution in [0.3, 0.4) is 0 Å². The molecule has 44 heavy (non-hydrogen) atoms. The van der Waals surface area contributed by atoms with Gasteiger partial charge in [-0.15, -0.1) is 22.7 Å². The van der Waals surface area contributed by atoms with E-state index in [0.717, 1.165) is 50.5 Å². The summed E-state index contributed by atoms with van der Waals surface area (Å²) in [7, 11) is 5.34. The zero-order chi connectivity index (χ0) is 31.4. The number of aromatic amines is 2. The zero-order valence-corrected chi connectivity index (χ0v) is 25.5. The first kappa shape index (κ1) is 28.8. The van der Waals surface area contributed by atoms with Crippen LogP contribution in [0.4, 0.5) is 9.59 Å². The second-order valence-electron chi connectivity index (χ2n) is 10.1. The summed E-state index contributed by atoms with van der Waals surface area (Å²) < 4.78 is 0. The Morgan fingerprint density at radius 1 is 0.477 bits per heavy atom. The number of imide groups is 4. The van der Waals surface area contributed by atoms with Crippen LogP contribution in [0.15, 0.2) is 59.7 Å². The second-order valence-corrected chi connectivity index (χ2v) is 12.3. The lowest BCUT2D eigenvalue weighted by atomic mass is 10.1. The molecule has 6 rings (SSSR count). The Morgan fingerprint density at radius 3 is 1.14 bits per heavy atom. The fourth-order valence-electron chi connectivity index (χ4n) is 4.77. The number of likely N-dealkylation sites (N-methyl/N-ethyl adjacent to an activating group) is 4. The van der Waals surface area contributed by atoms with Crippen molar-refractivity contribution in [2.24, 2.45) is 0 Å². The Kier molecular flexibility index (Phi) is 7.02. The number of barbiturate groups is 2. The maximum absolute atomic E-state index is 12.5. The van der Waals surface area contributed by atoms with Gasteiger partial charge in [0.2, 0.25) is 0 Å². The third-order valence-corrected chi connectivity index (χ3v) is 9.72. The summed E-state index contributed by atoms with van der Waals surface area (Å²) in [4.78, 5) is 88.1. The number of amides is 8. The largest absolute Gasteiger partial charge is 0.354 e. The van der Waals surface area contributed by atoms with Crippen LogP contribution in [0.25, 0.3) is 43.0 Å². The maximum Gasteiger partial charge on any atom is 0.333 e. The molecular weight excluding hydrogens is 605 g/mol. The molecule has 222 valence electrons. The number of aromatic nitrogens is 2. The van der Waals surface area contributed by atoms with E-state index < -0.39 is 35.7 Å². The number of thiophene rings is 2. The minimum Gasteiger partial charge on any atom is -0.354 e. The van der Waals surface area contributed by atoms with E-state index >= 15 is 0 Å². The van der Waals surface area contributed by atoms with Crippen molar-refractivity contribution in [3.63, 3.8) is 0 Å². The van der Waals surface area contributed by atoms with Crippen molar-refractivity contribution in [3.8, 4) is 30.9 Å². The van der Waals surface area contributed by atoms with Gasteiger partial charge in [0.15, 0.2) is 0 Å². The van der Waals surface area contributed by atoms with Gasteiger partial charge in [-0.05, 0) is 60.7 Å². The van der Waals surface area contributed by atoms with Crippen LogP contribution in [0.5, 0.6) is 0 Å². The number of hydrogen-bond donors (Lipinski definition) is 2. The highest BCUT2D eigenvalue weighted by atomic mass is 32.1. The minimum absolute atomic E-state index is 0.101. The molecule has 0 bridgehead atoms. The molecule has 4 aromatic heterocycles. The van der Waals surface area contributed by atoms with Crippen LogP contribution in [0, 0.1) is 0 Å². The van der Waals surface area contributed by atoms with Gasteiger partial charge < -0.3 is 9.97 Å². The predicted molar refractivity (Wildman–Crippen MR) is 165 cm³/mol. The second kappa shape index (κ2) is 10.7. The van der Waals surface area contributed by atoms with Gasteiger partial charge in [0, 0.05) is 49.3 Å². The number of nitrogens with one attached hydrogen (secondary N) is 2. The molecule has 14 heteroatoms. The third-order valence-electron chi connectivity index (χ3n) is 7.29. The van der Waals surface area contributed by atoms with Crippen molar-refractivity contribution in [2.45, 2.75) is 0 Å². The van der Waals surface area contributed by atoms with Gasteiger partial charge in [0.25, 0.3) is 23.6 Å². The standard InChI is InChI=1S/C30H24N6O6S2/c1-33-25(37)17(26(38)34(2)29(33)41)13-15-5-7-19(31-15)21-9-11-23(43-21)24-12-10-22(44-24)20-8-6-16(32-20)14-18-27(39)35(3)30(42)36(4)28(18)40/h5-14,31-32H,1-4H3. The summed E-state index contributed by atoms with van der Waals surface area (Å²) in [5.41, 5.74) is 2.53. The molecule has 0 aliphatic carbocycles. The topological polar surface area (TPSA) is 147 Å². The number of H-pyrrole nitrogens is 2. The highest BCUT2D eigenvalue weighted by Gasteiger charge is 2.39. The van der Waals surface area contributed by atoms with Crippen LogP contribution in [-0.2, 0) is 19.2 Å². The lowest BCUT2D eigenvalue weighted by molar-refractivity contribution is -0.135. The number of nitrogens with zero attached hydrogens (tertiary/aromatic N) is 4. The van der Waals surface area contributed by atoms with Crippen LogP contribution >= 0.6 is 22.7 Å². The molecule has 6 heterocycles. The van der Waals surface area contributed by atoms with Gasteiger partial charge in [-0.25, -0.2) is 9.59 Å². The number of rotatable bonds is 5. The Labute approximate surface area is 258 Å². The molecule has 2 fully saturated rings. The quantitative estimate of drug-likeness (QED) is 0.248. The summed E-state index contributed by atoms with van der Waals surface area (Å²) in [5.74, 6) is -2.61. The minimum atomic E-state index is -0.673. The lowest BCUT2D eigenvalue weighted by Crippen LogP contribution is -2.52. The Bertz CT molecular complexity index is 1780. The van der Waals surface area contributed by atoms with Gasteiger partial charge in [0.05, 0.1) is 21.1 Å². The zero-order valence-electron chi connectivity index (χ0n) is 23.8. The van der Waals surface area contributed by atoms with Crippen molar-refractivity contribution in [3.05, 3.63) is 71.1 Å². The molecule has 0 aromatic carbocycles. The Hall–Kier alpha value is -5.34. The van der Waals surface area contributed by atoms with Crippen LogP contribution < -0.4 is 0 Å². The first-order chi connectivity index (χ1) is 20.9. The summed E-state index contributed by atoms with van der Waals surface area (Å²) in [6.45, 7) is 0. The summed E-state index contributed by atoms with van der Waals surface area (Å²) in [6, 6.07) is 13.9. The number of carbonyl (C=O) groups excluding carboxylic acids is 6. The fourth-order valence-corrected chi connectivity index (χ4v) is 6.83. The van der Waals surface area contributed by atoms with E-state index in [9.17, 15) is 28.8 Å². The summed E-state index contributed by atoms with van der Waals surface area (Å²) in [5, 5.41) is 0. The maximum atomic E-state index is 12.5. The van der Waals surface area contributed by atoms with E-state index in [1.165, 1.54) is 40.3 Å². The molecule has 4 aromatic rings. The van der Waals surface area contributed by atoms with Crippen LogP contribution in [-0.4, -0.2) is 93.4 Å².